The fourth-order valence-corrected chi connectivity index (χ4v) is 2.81. The average Bonchev–Trinajstić information content (AvgIpc) is 2.97. The second-order valence-corrected chi connectivity index (χ2v) is 5.14. The highest BCUT2D eigenvalue weighted by molar-refractivity contribution is 6.24. The van der Waals surface area contributed by atoms with Gasteiger partial charge in [-0.25, -0.2) is 4.79 Å². The molecule has 0 saturated heterocycles. The van der Waals surface area contributed by atoms with Gasteiger partial charge in [-0.3, -0.25) is 4.84 Å². The number of benzene rings is 2. The minimum atomic E-state index is -0.351. The highest BCUT2D eigenvalue weighted by Crippen LogP contribution is 2.38. The lowest BCUT2D eigenvalue weighted by Gasteiger charge is -2.11. The van der Waals surface area contributed by atoms with E-state index in [-0.39, 0.29) is 12.0 Å². The minimum absolute atomic E-state index is 0.148. The third kappa shape index (κ3) is 2.54. The van der Waals surface area contributed by atoms with Crippen molar-refractivity contribution in [3.63, 3.8) is 0 Å². The predicted molar refractivity (Wildman–Crippen MR) is 83.8 cm³/mol. The van der Waals surface area contributed by atoms with E-state index in [1.807, 2.05) is 24.3 Å². The molecule has 0 spiro atoms. The van der Waals surface area contributed by atoms with Crippen LogP contribution in [0.4, 0.5) is 11.4 Å². The second kappa shape index (κ2) is 5.66. The van der Waals surface area contributed by atoms with Crippen LogP contribution < -0.4 is 10.2 Å². The smallest absolute Gasteiger partial charge is 0.338 e. The number of hydrogen-bond acceptors (Lipinski definition) is 4. The molecule has 2 N–H and O–H groups in total. The van der Waals surface area contributed by atoms with Crippen molar-refractivity contribution in [1.29, 1.82) is 0 Å². The number of hydrogen-bond donors (Lipinski definition) is 2. The summed E-state index contributed by atoms with van der Waals surface area (Å²) in [5.41, 5.74) is 4.27. The fraction of sp³-hybridized carbons (Fsp3) is 0.188. The monoisotopic (exact) mass is 302 g/mol. The molecule has 1 heterocycles. The Morgan fingerprint density at radius 3 is 2.76 bits per heavy atom. The van der Waals surface area contributed by atoms with E-state index in [9.17, 15) is 4.79 Å². The first kappa shape index (κ1) is 13.8. The van der Waals surface area contributed by atoms with Crippen LogP contribution in [0.2, 0.25) is 0 Å². The number of methoxy groups -OCH3 is 1. The zero-order chi connectivity index (χ0) is 14.8. The Balaban J connectivity index is 2.00. The number of carbonyl (C=O) groups excluding carboxylic acids is 1. The Morgan fingerprint density at radius 2 is 2.10 bits per heavy atom. The largest absolute Gasteiger partial charge is 0.465 e. The van der Waals surface area contributed by atoms with Crippen molar-refractivity contribution >= 4 is 29.1 Å². The standard InChI is InChI=1S/C16H15ClN2O2/c1-21-16(20)13-7-11(19-17)8-15-12(13)9-14(18-15)10-5-3-2-4-6-10/h2-8,14,18-19H,9H2,1H3. The van der Waals surface area contributed by atoms with Gasteiger partial charge in [0, 0.05) is 17.5 Å². The Bertz CT molecular complexity index is 673. The number of halogens is 1. The van der Waals surface area contributed by atoms with Gasteiger partial charge in [0.25, 0.3) is 0 Å². The maximum absolute atomic E-state index is 12.0. The van der Waals surface area contributed by atoms with Gasteiger partial charge in [-0.1, -0.05) is 30.3 Å². The van der Waals surface area contributed by atoms with E-state index in [0.29, 0.717) is 11.3 Å². The van der Waals surface area contributed by atoms with Crippen molar-refractivity contribution in [2.75, 3.05) is 17.3 Å². The molecular formula is C16H15ClN2O2. The van der Waals surface area contributed by atoms with Crippen molar-refractivity contribution in [2.45, 2.75) is 12.5 Å². The maximum Gasteiger partial charge on any atom is 0.338 e. The number of fused-ring (bicyclic) bond motifs is 1. The average molecular weight is 303 g/mol. The third-order valence-corrected chi connectivity index (χ3v) is 3.92. The Kier molecular flexibility index (Phi) is 3.71. The van der Waals surface area contributed by atoms with Gasteiger partial charge in [0.1, 0.15) is 0 Å². The molecule has 0 aliphatic carbocycles. The van der Waals surface area contributed by atoms with Gasteiger partial charge in [0.05, 0.1) is 24.4 Å². The molecular weight excluding hydrogens is 288 g/mol. The van der Waals surface area contributed by atoms with Crippen LogP contribution in [0.1, 0.15) is 27.5 Å². The molecule has 0 amide bonds. The van der Waals surface area contributed by atoms with Crippen LogP contribution in [0.25, 0.3) is 0 Å². The lowest BCUT2D eigenvalue weighted by atomic mass is 9.99. The summed E-state index contributed by atoms with van der Waals surface area (Å²) in [6.07, 6.45) is 0.742. The lowest BCUT2D eigenvalue weighted by Crippen LogP contribution is -2.06. The van der Waals surface area contributed by atoms with E-state index in [4.69, 9.17) is 16.5 Å². The van der Waals surface area contributed by atoms with Crippen LogP contribution in [0, 0.1) is 0 Å². The first-order valence-corrected chi connectivity index (χ1v) is 7.04. The van der Waals surface area contributed by atoms with Crippen LogP contribution in [0.3, 0.4) is 0 Å². The number of anilines is 2. The second-order valence-electron chi connectivity index (χ2n) is 4.95. The highest BCUT2D eigenvalue weighted by atomic mass is 35.5. The molecule has 0 bridgehead atoms. The van der Waals surface area contributed by atoms with Crippen molar-refractivity contribution in [3.8, 4) is 0 Å². The number of carbonyl (C=O) groups is 1. The van der Waals surface area contributed by atoms with E-state index >= 15 is 0 Å². The summed E-state index contributed by atoms with van der Waals surface area (Å²) in [7, 11) is 1.38. The van der Waals surface area contributed by atoms with E-state index in [1.165, 1.54) is 12.7 Å². The summed E-state index contributed by atoms with van der Waals surface area (Å²) in [5.74, 6) is -0.351. The van der Waals surface area contributed by atoms with Gasteiger partial charge < -0.3 is 10.1 Å². The van der Waals surface area contributed by atoms with E-state index < -0.39 is 0 Å². The van der Waals surface area contributed by atoms with Crippen LogP contribution in [-0.2, 0) is 11.2 Å². The molecule has 4 nitrogen and oxygen atoms in total. The molecule has 0 saturated carbocycles. The maximum atomic E-state index is 12.0. The van der Waals surface area contributed by atoms with Crippen LogP contribution >= 0.6 is 11.8 Å². The number of ether oxygens (including phenoxy) is 1. The molecule has 3 rings (SSSR count). The molecule has 1 atom stereocenters. The first-order valence-electron chi connectivity index (χ1n) is 6.66. The molecule has 2 aromatic rings. The van der Waals surface area contributed by atoms with Crippen molar-refractivity contribution in [2.24, 2.45) is 0 Å². The minimum Gasteiger partial charge on any atom is -0.465 e. The molecule has 1 aliphatic heterocycles. The van der Waals surface area contributed by atoms with Gasteiger partial charge in [-0.15, -0.1) is 0 Å². The van der Waals surface area contributed by atoms with E-state index in [0.717, 1.165) is 17.7 Å². The summed E-state index contributed by atoms with van der Waals surface area (Å²) in [6, 6.07) is 13.9. The van der Waals surface area contributed by atoms with Gasteiger partial charge in [0.2, 0.25) is 0 Å². The number of esters is 1. The molecule has 1 unspecified atom stereocenters. The predicted octanol–water partition coefficient (Wildman–Crippen LogP) is 3.75. The van der Waals surface area contributed by atoms with E-state index in [2.05, 4.69) is 22.3 Å². The SMILES string of the molecule is COC(=O)c1cc(NCl)cc2c1CC(c1ccccc1)N2. The molecule has 5 heteroatoms. The lowest BCUT2D eigenvalue weighted by molar-refractivity contribution is 0.0599. The first-order chi connectivity index (χ1) is 10.2. The van der Waals surface area contributed by atoms with Gasteiger partial charge in [0.15, 0.2) is 0 Å². The Morgan fingerprint density at radius 1 is 1.33 bits per heavy atom. The third-order valence-electron chi connectivity index (χ3n) is 3.70. The van der Waals surface area contributed by atoms with Crippen molar-refractivity contribution in [1.82, 2.24) is 0 Å². The van der Waals surface area contributed by atoms with Gasteiger partial charge >= 0.3 is 5.97 Å². The molecule has 0 fully saturated rings. The van der Waals surface area contributed by atoms with E-state index in [1.54, 1.807) is 6.07 Å². The van der Waals surface area contributed by atoms with Crippen molar-refractivity contribution < 1.29 is 9.53 Å². The quantitative estimate of drug-likeness (QED) is 0.670. The topological polar surface area (TPSA) is 50.4 Å². The van der Waals surface area contributed by atoms with Gasteiger partial charge in [-0.2, -0.15) is 0 Å². The fourth-order valence-electron chi connectivity index (χ4n) is 2.70. The summed E-state index contributed by atoms with van der Waals surface area (Å²) >= 11 is 5.67. The molecule has 0 radical (unpaired) electrons. The van der Waals surface area contributed by atoms with Crippen LogP contribution in [0.15, 0.2) is 42.5 Å². The summed E-state index contributed by atoms with van der Waals surface area (Å²) in [4.78, 5) is 14.5. The van der Waals surface area contributed by atoms with Gasteiger partial charge in [-0.05, 0) is 29.7 Å². The number of nitrogens with one attached hydrogen (secondary N) is 2. The summed E-state index contributed by atoms with van der Waals surface area (Å²) < 4.78 is 4.86. The number of rotatable bonds is 3. The van der Waals surface area contributed by atoms with Crippen LogP contribution in [-0.4, -0.2) is 13.1 Å². The Labute approximate surface area is 128 Å². The highest BCUT2D eigenvalue weighted by Gasteiger charge is 2.27. The normalized spacial score (nSPS) is 16.0. The summed E-state index contributed by atoms with van der Waals surface area (Å²) in [6.45, 7) is 0. The molecule has 108 valence electrons. The summed E-state index contributed by atoms with van der Waals surface area (Å²) in [5, 5.41) is 3.44. The molecule has 1 aliphatic rings. The van der Waals surface area contributed by atoms with Crippen LogP contribution in [0.5, 0.6) is 0 Å². The van der Waals surface area contributed by atoms with Crippen molar-refractivity contribution in [3.05, 3.63) is 59.2 Å². The zero-order valence-electron chi connectivity index (χ0n) is 11.5. The molecule has 0 aromatic heterocycles. The molecule has 2 aromatic carbocycles. The zero-order valence-corrected chi connectivity index (χ0v) is 12.3. The molecule has 21 heavy (non-hydrogen) atoms. The Hall–Kier alpha value is -2.20.